The van der Waals surface area contributed by atoms with Crippen LogP contribution in [0.25, 0.3) is 0 Å². The molecule has 0 unspecified atom stereocenters. The van der Waals surface area contributed by atoms with Crippen molar-refractivity contribution in [1.29, 1.82) is 0 Å². The Bertz CT molecular complexity index is 403. The van der Waals surface area contributed by atoms with E-state index in [4.69, 9.17) is 4.74 Å². The summed E-state index contributed by atoms with van der Waals surface area (Å²) in [5, 5.41) is 0. The second-order valence-electron chi connectivity index (χ2n) is 4.47. The Hall–Kier alpha value is -1.51. The van der Waals surface area contributed by atoms with E-state index in [9.17, 15) is 4.79 Å². The topological polar surface area (TPSA) is 29.5 Å². The van der Waals surface area contributed by atoms with Crippen LogP contribution >= 0.6 is 0 Å². The predicted molar refractivity (Wildman–Crippen MR) is 67.0 cm³/mol. The molecule has 1 heterocycles. The van der Waals surface area contributed by atoms with Gasteiger partial charge in [0.2, 0.25) is 5.91 Å². The Morgan fingerprint density at radius 1 is 1.35 bits per heavy atom. The van der Waals surface area contributed by atoms with E-state index in [1.807, 2.05) is 23.1 Å². The molecule has 0 bridgehead atoms. The van der Waals surface area contributed by atoms with Gasteiger partial charge in [0.05, 0.1) is 13.2 Å². The molecule has 0 saturated carbocycles. The lowest BCUT2D eigenvalue weighted by Gasteiger charge is -2.36. The number of para-hydroxylation sites is 1. The van der Waals surface area contributed by atoms with Gasteiger partial charge in [0.25, 0.3) is 0 Å². The number of carbonyl (C=O) groups is 1. The molecule has 1 aromatic carbocycles. The van der Waals surface area contributed by atoms with Crippen LogP contribution in [0, 0.1) is 0 Å². The van der Waals surface area contributed by atoms with Gasteiger partial charge in [-0.05, 0) is 25.3 Å². The minimum Gasteiger partial charge on any atom is -0.496 e. The molecule has 3 heteroatoms. The maximum atomic E-state index is 11.7. The zero-order chi connectivity index (χ0) is 12.3. The summed E-state index contributed by atoms with van der Waals surface area (Å²) in [4.78, 5) is 13.6. The quantitative estimate of drug-likeness (QED) is 0.786. The molecule has 0 spiro atoms. The van der Waals surface area contributed by atoms with E-state index in [-0.39, 0.29) is 11.9 Å². The van der Waals surface area contributed by atoms with Crippen molar-refractivity contribution in [3.05, 3.63) is 29.8 Å². The van der Waals surface area contributed by atoms with Crippen molar-refractivity contribution in [2.75, 3.05) is 13.7 Å². The van der Waals surface area contributed by atoms with E-state index < -0.39 is 0 Å². The molecule has 0 N–H and O–H groups in total. The number of hydrogen-bond acceptors (Lipinski definition) is 2. The number of nitrogens with zero attached hydrogens (tertiary/aromatic N) is 1. The molecule has 1 fully saturated rings. The molecular weight excluding hydrogens is 214 g/mol. The van der Waals surface area contributed by atoms with Gasteiger partial charge in [-0.2, -0.15) is 0 Å². The first-order valence-electron chi connectivity index (χ1n) is 6.14. The van der Waals surface area contributed by atoms with Gasteiger partial charge in [-0.25, -0.2) is 0 Å². The first-order valence-corrected chi connectivity index (χ1v) is 6.14. The average Bonchev–Trinajstić information content (AvgIpc) is 2.38. The number of benzene rings is 1. The highest BCUT2D eigenvalue weighted by atomic mass is 16.5. The highest BCUT2D eigenvalue weighted by Crippen LogP contribution is 2.35. The molecule has 1 atom stereocenters. The monoisotopic (exact) mass is 233 g/mol. The molecule has 1 aliphatic rings. The summed E-state index contributed by atoms with van der Waals surface area (Å²) in [5.74, 6) is 1.03. The van der Waals surface area contributed by atoms with Gasteiger partial charge < -0.3 is 9.64 Å². The van der Waals surface area contributed by atoms with Gasteiger partial charge in [0.1, 0.15) is 5.75 Å². The van der Waals surface area contributed by atoms with Gasteiger partial charge in [0.15, 0.2) is 0 Å². The number of rotatable bonds is 2. The smallest absolute Gasteiger partial charge is 0.219 e. The third kappa shape index (κ3) is 2.43. The highest BCUT2D eigenvalue weighted by molar-refractivity contribution is 5.74. The van der Waals surface area contributed by atoms with E-state index >= 15 is 0 Å². The molecule has 1 aliphatic heterocycles. The first kappa shape index (κ1) is 12.0. The molecule has 17 heavy (non-hydrogen) atoms. The lowest BCUT2D eigenvalue weighted by atomic mass is 9.94. The number of ether oxygens (including phenoxy) is 1. The fourth-order valence-corrected chi connectivity index (χ4v) is 2.57. The second kappa shape index (κ2) is 5.21. The molecule has 3 nitrogen and oxygen atoms in total. The highest BCUT2D eigenvalue weighted by Gasteiger charge is 2.27. The van der Waals surface area contributed by atoms with Crippen molar-refractivity contribution < 1.29 is 9.53 Å². The molecular formula is C14H19NO2. The van der Waals surface area contributed by atoms with Gasteiger partial charge in [-0.3, -0.25) is 4.79 Å². The predicted octanol–water partition coefficient (Wildman–Crippen LogP) is 2.77. The molecule has 0 aromatic heterocycles. The lowest BCUT2D eigenvalue weighted by molar-refractivity contribution is -0.132. The second-order valence-corrected chi connectivity index (χ2v) is 4.47. The van der Waals surface area contributed by atoms with Gasteiger partial charge in [0, 0.05) is 19.0 Å². The van der Waals surface area contributed by atoms with Crippen LogP contribution in [0.3, 0.4) is 0 Å². The summed E-state index contributed by atoms with van der Waals surface area (Å²) in [6, 6.07) is 8.17. The SMILES string of the molecule is COc1ccccc1[C@@H]1CCCCN1C(C)=O. The van der Waals surface area contributed by atoms with E-state index in [0.29, 0.717) is 0 Å². The normalized spacial score (nSPS) is 20.1. The standard InChI is InChI=1S/C14H19NO2/c1-11(16)15-10-6-5-8-13(15)12-7-3-4-9-14(12)17-2/h3-4,7,9,13H,5-6,8,10H2,1-2H3/t13-/m0/s1. The zero-order valence-electron chi connectivity index (χ0n) is 10.5. The van der Waals surface area contributed by atoms with Crippen molar-refractivity contribution in [2.45, 2.75) is 32.2 Å². The van der Waals surface area contributed by atoms with Crippen LogP contribution in [0.2, 0.25) is 0 Å². The number of piperidine rings is 1. The van der Waals surface area contributed by atoms with Crippen LogP contribution in [0.4, 0.5) is 0 Å². The molecule has 1 saturated heterocycles. The van der Waals surface area contributed by atoms with Crippen LogP contribution < -0.4 is 4.74 Å². The largest absolute Gasteiger partial charge is 0.496 e. The van der Waals surface area contributed by atoms with E-state index in [0.717, 1.165) is 30.7 Å². The molecule has 0 aliphatic carbocycles. The Balaban J connectivity index is 2.32. The van der Waals surface area contributed by atoms with Crippen molar-refractivity contribution >= 4 is 5.91 Å². The van der Waals surface area contributed by atoms with Crippen molar-refractivity contribution in [3.63, 3.8) is 0 Å². The van der Waals surface area contributed by atoms with Crippen molar-refractivity contribution in [1.82, 2.24) is 4.90 Å². The van der Waals surface area contributed by atoms with E-state index in [1.54, 1.807) is 14.0 Å². The minimum atomic E-state index is 0.153. The van der Waals surface area contributed by atoms with Crippen LogP contribution in [-0.4, -0.2) is 24.5 Å². The summed E-state index contributed by atoms with van der Waals surface area (Å²) in [6.07, 6.45) is 3.30. The Morgan fingerprint density at radius 3 is 2.82 bits per heavy atom. The molecule has 1 aromatic rings. The van der Waals surface area contributed by atoms with Crippen molar-refractivity contribution in [2.24, 2.45) is 0 Å². The summed E-state index contributed by atoms with van der Waals surface area (Å²) >= 11 is 0. The van der Waals surface area contributed by atoms with Crippen LogP contribution in [0.1, 0.15) is 37.8 Å². The van der Waals surface area contributed by atoms with Crippen LogP contribution in [-0.2, 0) is 4.79 Å². The minimum absolute atomic E-state index is 0.153. The summed E-state index contributed by atoms with van der Waals surface area (Å²) < 4.78 is 5.39. The Kier molecular flexibility index (Phi) is 3.67. The number of amides is 1. The summed E-state index contributed by atoms with van der Waals surface area (Å²) in [7, 11) is 1.68. The van der Waals surface area contributed by atoms with Crippen LogP contribution in [0.5, 0.6) is 5.75 Å². The maximum Gasteiger partial charge on any atom is 0.219 e. The van der Waals surface area contributed by atoms with Crippen molar-refractivity contribution in [3.8, 4) is 5.75 Å². The third-order valence-electron chi connectivity index (χ3n) is 3.41. The van der Waals surface area contributed by atoms with Gasteiger partial charge >= 0.3 is 0 Å². The van der Waals surface area contributed by atoms with Gasteiger partial charge in [-0.15, -0.1) is 0 Å². The van der Waals surface area contributed by atoms with Gasteiger partial charge in [-0.1, -0.05) is 18.2 Å². The summed E-state index contributed by atoms with van der Waals surface area (Å²) in [6.45, 7) is 2.51. The molecule has 2 rings (SSSR count). The lowest BCUT2D eigenvalue weighted by Crippen LogP contribution is -2.37. The number of methoxy groups -OCH3 is 1. The molecule has 1 amide bonds. The fourth-order valence-electron chi connectivity index (χ4n) is 2.57. The Morgan fingerprint density at radius 2 is 2.12 bits per heavy atom. The fraction of sp³-hybridized carbons (Fsp3) is 0.500. The third-order valence-corrected chi connectivity index (χ3v) is 3.41. The first-order chi connectivity index (χ1) is 8.24. The average molecular weight is 233 g/mol. The zero-order valence-corrected chi connectivity index (χ0v) is 10.5. The Labute approximate surface area is 102 Å². The molecule has 0 radical (unpaired) electrons. The maximum absolute atomic E-state index is 11.7. The number of carbonyl (C=O) groups excluding carboxylic acids is 1. The van der Waals surface area contributed by atoms with E-state index in [2.05, 4.69) is 6.07 Å². The molecule has 92 valence electrons. The van der Waals surface area contributed by atoms with E-state index in [1.165, 1.54) is 6.42 Å². The summed E-state index contributed by atoms with van der Waals surface area (Å²) in [5.41, 5.74) is 1.13. The van der Waals surface area contributed by atoms with Crippen LogP contribution in [0.15, 0.2) is 24.3 Å². The number of likely N-dealkylation sites (tertiary alicyclic amines) is 1. The number of hydrogen-bond donors (Lipinski definition) is 0.